The first kappa shape index (κ1) is 22.8. The number of amides is 1. The lowest BCUT2D eigenvalue weighted by Crippen LogP contribution is -2.16. The number of carbonyl (C=O) groups excluding carboxylic acids is 1. The quantitative estimate of drug-likeness (QED) is 0.232. The van der Waals surface area contributed by atoms with E-state index in [1.165, 1.54) is 23.1 Å². The van der Waals surface area contributed by atoms with E-state index in [0.29, 0.717) is 16.0 Å². The molecule has 0 unspecified atom stereocenters. The van der Waals surface area contributed by atoms with Crippen LogP contribution >= 0.6 is 34.7 Å². The Hall–Kier alpha value is -3.39. The minimum Gasteiger partial charge on any atom is -0.419 e. The van der Waals surface area contributed by atoms with Gasteiger partial charge in [-0.1, -0.05) is 65.0 Å². The second-order valence-electron chi connectivity index (χ2n) is 6.69. The Kier molecular flexibility index (Phi) is 7.57. The number of hydrogen-bond acceptors (Lipinski definition) is 9. The lowest BCUT2D eigenvalue weighted by atomic mass is 10.2. The summed E-state index contributed by atoms with van der Waals surface area (Å²) in [6.07, 6.45) is 0.152. The monoisotopic (exact) mass is 496 g/mol. The fourth-order valence-electron chi connectivity index (χ4n) is 2.74. The molecular weight excluding hydrogens is 480 g/mol. The Balaban J connectivity index is 1.25. The molecule has 2 N–H and O–H groups in total. The number of benzene rings is 2. The number of halogens is 1. The highest BCUT2D eigenvalue weighted by Crippen LogP contribution is 2.29. The van der Waals surface area contributed by atoms with Crippen LogP contribution in [0.4, 0.5) is 11.0 Å². The molecule has 0 atom stereocenters. The summed E-state index contributed by atoms with van der Waals surface area (Å²) in [4.78, 5) is 16.5. The molecule has 0 fully saturated rings. The lowest BCUT2D eigenvalue weighted by molar-refractivity contribution is -0.115. The average Bonchev–Trinajstić information content (AvgIpc) is 3.46. The summed E-state index contributed by atoms with van der Waals surface area (Å²) in [5.41, 5.74) is 2.03. The Bertz CT molecular complexity index is 1270. The molecular formula is C22H17ClN6O2S2. The Morgan fingerprint density at radius 3 is 2.70 bits per heavy atom. The number of aromatic nitrogens is 3. The molecule has 0 aliphatic heterocycles. The molecule has 0 bridgehead atoms. The number of nitriles is 1. The summed E-state index contributed by atoms with van der Waals surface area (Å²) >= 11 is 8.75. The Labute approximate surface area is 203 Å². The van der Waals surface area contributed by atoms with E-state index in [0.717, 1.165) is 21.2 Å². The van der Waals surface area contributed by atoms with Crippen molar-refractivity contribution >= 4 is 51.6 Å². The summed E-state index contributed by atoms with van der Waals surface area (Å²) in [5, 5.41) is 24.2. The molecule has 0 saturated carbocycles. The molecule has 2 heterocycles. The van der Waals surface area contributed by atoms with E-state index >= 15 is 0 Å². The van der Waals surface area contributed by atoms with Crippen molar-refractivity contribution in [3.8, 4) is 17.5 Å². The minimum absolute atomic E-state index is 0.140. The minimum atomic E-state index is -0.228. The van der Waals surface area contributed by atoms with Crippen molar-refractivity contribution < 1.29 is 9.21 Å². The molecule has 0 saturated heterocycles. The third kappa shape index (κ3) is 6.32. The molecule has 4 aromatic rings. The van der Waals surface area contributed by atoms with Gasteiger partial charge in [0.15, 0.2) is 4.34 Å². The normalized spacial score (nSPS) is 10.5. The van der Waals surface area contributed by atoms with E-state index in [1.54, 1.807) is 0 Å². The number of hydrogen-bond donors (Lipinski definition) is 2. The lowest BCUT2D eigenvalue weighted by Gasteiger charge is -2.03. The van der Waals surface area contributed by atoms with E-state index < -0.39 is 0 Å². The van der Waals surface area contributed by atoms with E-state index in [2.05, 4.69) is 25.8 Å². The third-order valence-corrected chi connectivity index (χ3v) is 6.61. The predicted molar refractivity (Wildman–Crippen MR) is 129 cm³/mol. The zero-order valence-corrected chi connectivity index (χ0v) is 19.5. The van der Waals surface area contributed by atoms with Crippen molar-refractivity contribution in [2.45, 2.75) is 16.5 Å². The van der Waals surface area contributed by atoms with Gasteiger partial charge in [-0.2, -0.15) is 10.2 Å². The van der Waals surface area contributed by atoms with E-state index in [-0.39, 0.29) is 30.5 Å². The fraction of sp³-hybridized carbons (Fsp3) is 0.136. The number of rotatable bonds is 9. The Morgan fingerprint density at radius 2 is 1.94 bits per heavy atom. The van der Waals surface area contributed by atoms with Gasteiger partial charge >= 0.3 is 0 Å². The van der Waals surface area contributed by atoms with Crippen molar-refractivity contribution in [3.63, 3.8) is 0 Å². The number of oxazole rings is 1. The van der Waals surface area contributed by atoms with Crippen molar-refractivity contribution in [1.82, 2.24) is 15.2 Å². The molecule has 0 spiro atoms. The number of thioether (sulfide) groups is 1. The topological polar surface area (TPSA) is 117 Å². The molecule has 1 amide bonds. The van der Waals surface area contributed by atoms with Gasteiger partial charge in [-0.05, 0) is 29.8 Å². The SMILES string of the molecule is N#Cc1nc(-c2ccccc2)oc1NCCC(=O)Nc1nnc(SCc2ccc(Cl)cc2)s1. The van der Waals surface area contributed by atoms with Crippen LogP contribution in [0.5, 0.6) is 0 Å². The van der Waals surface area contributed by atoms with Crippen molar-refractivity contribution in [2.24, 2.45) is 0 Å². The summed E-state index contributed by atoms with van der Waals surface area (Å²) in [5.74, 6) is 1.08. The van der Waals surface area contributed by atoms with Crippen molar-refractivity contribution in [3.05, 3.63) is 70.9 Å². The van der Waals surface area contributed by atoms with Crippen molar-refractivity contribution in [1.29, 1.82) is 5.26 Å². The summed E-state index contributed by atoms with van der Waals surface area (Å²) in [6, 6.07) is 18.9. The highest BCUT2D eigenvalue weighted by Gasteiger charge is 2.15. The highest BCUT2D eigenvalue weighted by molar-refractivity contribution is 8.00. The molecule has 0 aliphatic rings. The van der Waals surface area contributed by atoms with Crippen LogP contribution in [0.25, 0.3) is 11.5 Å². The van der Waals surface area contributed by atoms with Gasteiger partial charge in [0.2, 0.25) is 28.5 Å². The summed E-state index contributed by atoms with van der Waals surface area (Å²) in [6.45, 7) is 0.265. The highest BCUT2D eigenvalue weighted by atomic mass is 35.5. The van der Waals surface area contributed by atoms with E-state index in [9.17, 15) is 10.1 Å². The van der Waals surface area contributed by atoms with Crippen LogP contribution in [0.15, 0.2) is 63.4 Å². The van der Waals surface area contributed by atoms with Crippen molar-refractivity contribution in [2.75, 3.05) is 17.2 Å². The van der Waals surface area contributed by atoms with Crippen LogP contribution in [-0.2, 0) is 10.5 Å². The van der Waals surface area contributed by atoms with Crippen LogP contribution in [0.2, 0.25) is 5.02 Å². The summed E-state index contributed by atoms with van der Waals surface area (Å²) < 4.78 is 6.41. The van der Waals surface area contributed by atoms with Crippen LogP contribution in [0, 0.1) is 11.3 Å². The van der Waals surface area contributed by atoms with E-state index in [1.807, 2.05) is 60.7 Å². The zero-order chi connectivity index (χ0) is 23.0. The number of nitrogens with zero attached hydrogens (tertiary/aromatic N) is 4. The van der Waals surface area contributed by atoms with Crippen LogP contribution in [-0.4, -0.2) is 27.6 Å². The van der Waals surface area contributed by atoms with Crippen LogP contribution in [0.1, 0.15) is 17.7 Å². The van der Waals surface area contributed by atoms with Crippen LogP contribution in [0.3, 0.4) is 0 Å². The number of carbonyl (C=O) groups is 1. The second kappa shape index (κ2) is 11.0. The molecule has 4 rings (SSSR count). The molecule has 2 aromatic heterocycles. The van der Waals surface area contributed by atoms with E-state index in [4.69, 9.17) is 16.0 Å². The first-order valence-electron chi connectivity index (χ1n) is 9.81. The van der Waals surface area contributed by atoms with Gasteiger partial charge in [0.25, 0.3) is 0 Å². The zero-order valence-electron chi connectivity index (χ0n) is 17.1. The molecule has 2 aromatic carbocycles. The average molecular weight is 497 g/mol. The number of anilines is 2. The fourth-order valence-corrected chi connectivity index (χ4v) is 4.59. The molecule has 11 heteroatoms. The van der Waals surface area contributed by atoms with Gasteiger partial charge in [0.05, 0.1) is 0 Å². The number of nitrogens with one attached hydrogen (secondary N) is 2. The van der Waals surface area contributed by atoms with Gasteiger partial charge in [-0.15, -0.1) is 10.2 Å². The Morgan fingerprint density at radius 1 is 1.15 bits per heavy atom. The predicted octanol–water partition coefficient (Wildman–Crippen LogP) is 5.45. The maximum Gasteiger partial charge on any atom is 0.232 e. The molecule has 33 heavy (non-hydrogen) atoms. The van der Waals surface area contributed by atoms with Gasteiger partial charge < -0.3 is 15.1 Å². The molecule has 0 radical (unpaired) electrons. The largest absolute Gasteiger partial charge is 0.419 e. The van der Waals surface area contributed by atoms with Gasteiger partial charge in [0, 0.05) is 29.3 Å². The first-order valence-corrected chi connectivity index (χ1v) is 12.0. The molecule has 8 nitrogen and oxygen atoms in total. The smallest absolute Gasteiger partial charge is 0.232 e. The van der Waals surface area contributed by atoms with Gasteiger partial charge in [0.1, 0.15) is 6.07 Å². The first-order chi connectivity index (χ1) is 16.1. The van der Waals surface area contributed by atoms with Gasteiger partial charge in [-0.25, -0.2) is 0 Å². The molecule has 0 aliphatic carbocycles. The maximum atomic E-state index is 12.3. The maximum absolute atomic E-state index is 12.3. The standard InChI is InChI=1S/C22H17ClN6O2S2/c23-16-8-6-14(7-9-16)13-32-22-29-28-21(33-22)27-18(30)10-11-25-20-17(12-24)26-19(31-20)15-4-2-1-3-5-15/h1-9,25H,10-11,13H2,(H,27,28,30). The van der Waals surface area contributed by atoms with Crippen LogP contribution < -0.4 is 10.6 Å². The van der Waals surface area contributed by atoms with Gasteiger partial charge in [-0.3, -0.25) is 4.79 Å². The summed E-state index contributed by atoms with van der Waals surface area (Å²) in [7, 11) is 0. The molecule has 166 valence electrons. The second-order valence-corrected chi connectivity index (χ2v) is 9.32. The third-order valence-electron chi connectivity index (χ3n) is 4.32.